The maximum Gasteiger partial charge on any atom is 0.253 e. The van der Waals surface area contributed by atoms with E-state index in [9.17, 15) is 9.59 Å². The van der Waals surface area contributed by atoms with Crippen LogP contribution in [0.25, 0.3) is 17.2 Å². The second-order valence-electron chi connectivity index (χ2n) is 9.68. The van der Waals surface area contributed by atoms with E-state index in [0.717, 1.165) is 48.2 Å². The van der Waals surface area contributed by atoms with Crippen LogP contribution in [0.5, 0.6) is 5.75 Å². The van der Waals surface area contributed by atoms with E-state index in [4.69, 9.17) is 22.1 Å². The van der Waals surface area contributed by atoms with Gasteiger partial charge in [-0.25, -0.2) is 4.98 Å². The van der Waals surface area contributed by atoms with Crippen LogP contribution < -0.4 is 10.5 Å². The van der Waals surface area contributed by atoms with E-state index in [-0.39, 0.29) is 17.8 Å². The fraction of sp³-hybridized carbons (Fsp3) is 0.300. The number of halogens is 1. The Bertz CT molecular complexity index is 1310. The predicted molar refractivity (Wildman–Crippen MR) is 147 cm³/mol. The molecule has 0 bridgehead atoms. The summed E-state index contributed by atoms with van der Waals surface area (Å²) in [6.45, 7) is 1.67. The fourth-order valence-electron chi connectivity index (χ4n) is 4.89. The summed E-state index contributed by atoms with van der Waals surface area (Å²) in [6.07, 6.45) is 9.89. The van der Waals surface area contributed by atoms with Crippen molar-refractivity contribution in [1.29, 1.82) is 0 Å². The highest BCUT2D eigenvalue weighted by Crippen LogP contribution is 2.40. The zero-order valence-electron chi connectivity index (χ0n) is 20.7. The first-order chi connectivity index (χ1) is 18.0. The molecule has 1 amide bonds. The Balaban J connectivity index is 1.19. The van der Waals surface area contributed by atoms with Crippen molar-refractivity contribution in [3.8, 4) is 16.9 Å². The molecule has 1 saturated heterocycles. The Labute approximate surface area is 222 Å². The van der Waals surface area contributed by atoms with Crippen LogP contribution in [0.15, 0.2) is 60.8 Å². The Hall–Kier alpha value is -3.64. The number of pyridine rings is 1. The molecule has 1 aromatic heterocycles. The Morgan fingerprint density at radius 3 is 2.57 bits per heavy atom. The first kappa shape index (κ1) is 25.0. The van der Waals surface area contributed by atoms with Gasteiger partial charge >= 0.3 is 0 Å². The van der Waals surface area contributed by atoms with E-state index < -0.39 is 0 Å². The van der Waals surface area contributed by atoms with Gasteiger partial charge in [-0.15, -0.1) is 0 Å². The van der Waals surface area contributed by atoms with Crippen molar-refractivity contribution >= 4 is 35.2 Å². The number of hydrogen-bond donors (Lipinski definition) is 1. The second kappa shape index (κ2) is 11.2. The van der Waals surface area contributed by atoms with Gasteiger partial charge in [-0.05, 0) is 96.5 Å². The van der Waals surface area contributed by atoms with E-state index in [1.165, 1.54) is 6.42 Å². The lowest BCUT2D eigenvalue weighted by Crippen LogP contribution is -2.35. The first-order valence-corrected chi connectivity index (χ1v) is 13.2. The number of carbonyl (C=O) groups excluding carboxylic acids is 2. The number of ketones is 1. The molecule has 1 fully saturated rings. The number of amides is 1. The third-order valence-electron chi connectivity index (χ3n) is 6.94. The fourth-order valence-corrected chi connectivity index (χ4v) is 5.17. The number of fused-ring (bicyclic) bond motifs is 1. The number of allylic oxidation sites excluding steroid dienone is 1. The molecule has 6 nitrogen and oxygen atoms in total. The monoisotopic (exact) mass is 515 g/mol. The van der Waals surface area contributed by atoms with E-state index in [1.807, 2.05) is 41.3 Å². The van der Waals surface area contributed by atoms with Crippen molar-refractivity contribution in [3.05, 3.63) is 82.5 Å². The highest BCUT2D eigenvalue weighted by molar-refractivity contribution is 6.32. The molecule has 190 valence electrons. The number of nitrogen functional groups attached to an aromatic ring is 1. The summed E-state index contributed by atoms with van der Waals surface area (Å²) >= 11 is 6.59. The summed E-state index contributed by atoms with van der Waals surface area (Å²) in [6, 6.07) is 15.3. The molecule has 1 atom stereocenters. The van der Waals surface area contributed by atoms with Gasteiger partial charge in [-0.3, -0.25) is 9.59 Å². The summed E-state index contributed by atoms with van der Waals surface area (Å²) < 4.78 is 6.09. The zero-order valence-corrected chi connectivity index (χ0v) is 21.4. The van der Waals surface area contributed by atoms with Crippen LogP contribution in [0.4, 0.5) is 5.82 Å². The largest absolute Gasteiger partial charge is 0.488 e. The molecule has 37 heavy (non-hydrogen) atoms. The van der Waals surface area contributed by atoms with Crippen LogP contribution in [-0.4, -0.2) is 40.8 Å². The predicted octanol–water partition coefficient (Wildman–Crippen LogP) is 5.98. The van der Waals surface area contributed by atoms with Crippen LogP contribution in [0.2, 0.25) is 5.02 Å². The van der Waals surface area contributed by atoms with Crippen LogP contribution in [-0.2, 0) is 11.2 Å². The van der Waals surface area contributed by atoms with E-state index in [1.54, 1.807) is 24.4 Å². The molecule has 3 heterocycles. The number of piperidine rings is 1. The number of nitrogens with zero attached hydrogens (tertiary/aromatic N) is 2. The lowest BCUT2D eigenvalue weighted by atomic mass is 9.98. The van der Waals surface area contributed by atoms with E-state index >= 15 is 0 Å². The molecule has 0 saturated carbocycles. The van der Waals surface area contributed by atoms with Crippen molar-refractivity contribution in [2.24, 2.45) is 0 Å². The molecule has 0 spiro atoms. The summed E-state index contributed by atoms with van der Waals surface area (Å²) in [4.78, 5) is 31.1. The summed E-state index contributed by atoms with van der Waals surface area (Å²) in [5.74, 6) is 1.28. The Morgan fingerprint density at radius 2 is 1.84 bits per heavy atom. The molecule has 1 unspecified atom stereocenters. The molecule has 2 aromatic carbocycles. The molecule has 2 aliphatic heterocycles. The molecule has 5 rings (SSSR count). The smallest absolute Gasteiger partial charge is 0.253 e. The maximum absolute atomic E-state index is 12.8. The average molecular weight is 516 g/mol. The minimum absolute atomic E-state index is 0.0300. The van der Waals surface area contributed by atoms with Crippen molar-refractivity contribution in [1.82, 2.24) is 9.88 Å². The summed E-state index contributed by atoms with van der Waals surface area (Å²) in [5, 5.41) is 0.561. The number of nitrogens with two attached hydrogens (primary N) is 1. The topological polar surface area (TPSA) is 85.5 Å². The Morgan fingerprint density at radius 1 is 1.05 bits per heavy atom. The van der Waals surface area contributed by atoms with Crippen molar-refractivity contribution < 1.29 is 14.3 Å². The average Bonchev–Trinajstić information content (AvgIpc) is 3.35. The van der Waals surface area contributed by atoms with Gasteiger partial charge in [0.1, 0.15) is 17.7 Å². The number of likely N-dealkylation sites (tertiary alicyclic amines) is 1. The van der Waals surface area contributed by atoms with Crippen molar-refractivity contribution in [2.75, 3.05) is 18.8 Å². The number of anilines is 1. The van der Waals surface area contributed by atoms with Crippen LogP contribution in [0.1, 0.15) is 53.6 Å². The molecule has 3 aromatic rings. The minimum Gasteiger partial charge on any atom is -0.488 e. The lowest BCUT2D eigenvalue weighted by Gasteiger charge is -2.26. The van der Waals surface area contributed by atoms with Crippen molar-refractivity contribution in [3.63, 3.8) is 0 Å². The highest BCUT2D eigenvalue weighted by atomic mass is 35.5. The van der Waals surface area contributed by atoms with Crippen LogP contribution >= 0.6 is 11.6 Å². The number of benzene rings is 2. The van der Waals surface area contributed by atoms with E-state index in [0.29, 0.717) is 41.4 Å². The number of aromatic nitrogens is 1. The molecular formula is C30H30ClN3O3. The molecular weight excluding hydrogens is 486 g/mol. The molecule has 0 aliphatic carbocycles. The normalized spacial score (nSPS) is 17.0. The summed E-state index contributed by atoms with van der Waals surface area (Å²) in [5.41, 5.74) is 10.2. The Kier molecular flexibility index (Phi) is 7.56. The van der Waals surface area contributed by atoms with Gasteiger partial charge in [0, 0.05) is 37.7 Å². The molecule has 0 radical (unpaired) electrons. The third-order valence-corrected chi connectivity index (χ3v) is 7.23. The lowest BCUT2D eigenvalue weighted by molar-refractivity contribution is -0.115. The number of ether oxygens (including phenoxy) is 1. The van der Waals surface area contributed by atoms with Crippen LogP contribution in [0.3, 0.4) is 0 Å². The van der Waals surface area contributed by atoms with Gasteiger partial charge in [0.15, 0.2) is 5.78 Å². The number of carbonyl (C=O) groups is 2. The first-order valence-electron chi connectivity index (χ1n) is 12.8. The third kappa shape index (κ3) is 6.03. The van der Waals surface area contributed by atoms with Gasteiger partial charge in [-0.1, -0.05) is 23.7 Å². The SMILES string of the molecule is Nc1ccc(/C=C/C(=O)CCC2Cc3cc(-c4ccc(C(=O)N5CCCCC5)cc4)cc(Cl)c3O2)cn1. The van der Waals surface area contributed by atoms with Gasteiger partial charge in [-0.2, -0.15) is 0 Å². The number of hydrogen-bond acceptors (Lipinski definition) is 5. The highest BCUT2D eigenvalue weighted by Gasteiger charge is 2.26. The quantitative estimate of drug-likeness (QED) is 0.391. The van der Waals surface area contributed by atoms with Crippen molar-refractivity contribution in [2.45, 2.75) is 44.6 Å². The minimum atomic E-state index is -0.0946. The van der Waals surface area contributed by atoms with Gasteiger partial charge < -0.3 is 15.4 Å². The maximum atomic E-state index is 12.8. The molecule has 2 N–H and O–H groups in total. The zero-order chi connectivity index (χ0) is 25.8. The van der Waals surface area contributed by atoms with Gasteiger partial charge in [0.2, 0.25) is 0 Å². The van der Waals surface area contributed by atoms with Gasteiger partial charge in [0.05, 0.1) is 5.02 Å². The number of rotatable bonds is 7. The second-order valence-corrected chi connectivity index (χ2v) is 10.1. The summed E-state index contributed by atoms with van der Waals surface area (Å²) in [7, 11) is 0. The van der Waals surface area contributed by atoms with Gasteiger partial charge in [0.25, 0.3) is 5.91 Å². The van der Waals surface area contributed by atoms with E-state index in [2.05, 4.69) is 11.1 Å². The van der Waals surface area contributed by atoms with Crippen LogP contribution in [0, 0.1) is 0 Å². The standard InChI is InChI=1S/C30H30ClN3O3/c31-27-18-23(21-6-8-22(9-7-21)30(36)34-14-2-1-3-15-34)16-24-17-26(37-29(24)27)12-11-25(35)10-4-20-5-13-28(32)33-19-20/h4-10,13,16,18-19,26H,1-3,11-12,14-15,17H2,(H2,32,33)/b10-4+. The molecule has 7 heteroatoms. The molecule has 2 aliphatic rings.